The Labute approximate surface area is 112 Å². The second-order valence-electron chi connectivity index (χ2n) is 4.48. The highest BCUT2D eigenvalue weighted by Crippen LogP contribution is 2.14. The second kappa shape index (κ2) is 5.14. The predicted octanol–water partition coefficient (Wildman–Crippen LogP) is 3.48. The third-order valence-electron chi connectivity index (χ3n) is 3.13. The van der Waals surface area contributed by atoms with Gasteiger partial charge in [-0.15, -0.1) is 0 Å². The van der Waals surface area contributed by atoms with Crippen LogP contribution in [0.4, 0.5) is 0 Å². The molecule has 0 atom stereocenters. The predicted molar refractivity (Wildman–Crippen MR) is 75.3 cm³/mol. The van der Waals surface area contributed by atoms with Crippen molar-refractivity contribution in [1.82, 2.24) is 9.38 Å². The van der Waals surface area contributed by atoms with Crippen LogP contribution in [-0.2, 0) is 13.0 Å². The standard InChI is InChI=1S/C16H16N2O/c1-2-13-6-8-15(9-7-13)19-12-14-11-18-10-4-3-5-16(18)17-14/h3-11H,2,12H2,1H3. The Balaban J connectivity index is 1.70. The van der Waals surface area contributed by atoms with Gasteiger partial charge in [0.25, 0.3) is 0 Å². The number of nitrogens with zero attached hydrogens (tertiary/aromatic N) is 2. The molecule has 0 unspecified atom stereocenters. The number of rotatable bonds is 4. The van der Waals surface area contributed by atoms with Crippen LogP contribution in [0, 0.1) is 0 Å². The number of hydrogen-bond donors (Lipinski definition) is 0. The maximum absolute atomic E-state index is 5.75. The van der Waals surface area contributed by atoms with Gasteiger partial charge in [0, 0.05) is 12.4 Å². The van der Waals surface area contributed by atoms with E-state index in [1.165, 1.54) is 5.56 Å². The first-order chi connectivity index (χ1) is 9.35. The van der Waals surface area contributed by atoms with E-state index in [4.69, 9.17) is 4.74 Å². The molecule has 3 heteroatoms. The molecule has 19 heavy (non-hydrogen) atoms. The van der Waals surface area contributed by atoms with Gasteiger partial charge in [0.1, 0.15) is 18.0 Å². The van der Waals surface area contributed by atoms with Gasteiger partial charge in [-0.25, -0.2) is 4.98 Å². The summed E-state index contributed by atoms with van der Waals surface area (Å²) in [6, 6.07) is 14.2. The van der Waals surface area contributed by atoms with Crippen molar-refractivity contribution in [3.63, 3.8) is 0 Å². The molecule has 0 saturated heterocycles. The summed E-state index contributed by atoms with van der Waals surface area (Å²) in [5.74, 6) is 0.884. The van der Waals surface area contributed by atoms with Crippen LogP contribution in [0.25, 0.3) is 5.65 Å². The van der Waals surface area contributed by atoms with Gasteiger partial charge in [-0.05, 0) is 36.2 Å². The lowest BCUT2D eigenvalue weighted by molar-refractivity contribution is 0.302. The molecule has 0 aliphatic heterocycles. The fraction of sp³-hybridized carbons (Fsp3) is 0.188. The number of aryl methyl sites for hydroxylation is 1. The number of imidazole rings is 1. The van der Waals surface area contributed by atoms with Crippen molar-refractivity contribution in [2.24, 2.45) is 0 Å². The Morgan fingerprint density at radius 1 is 1.11 bits per heavy atom. The maximum atomic E-state index is 5.75. The van der Waals surface area contributed by atoms with Gasteiger partial charge >= 0.3 is 0 Å². The van der Waals surface area contributed by atoms with E-state index in [9.17, 15) is 0 Å². The van der Waals surface area contributed by atoms with Gasteiger partial charge in [0.2, 0.25) is 0 Å². The second-order valence-corrected chi connectivity index (χ2v) is 4.48. The van der Waals surface area contributed by atoms with Crippen molar-refractivity contribution in [2.45, 2.75) is 20.0 Å². The summed E-state index contributed by atoms with van der Waals surface area (Å²) >= 11 is 0. The molecule has 1 aromatic carbocycles. The number of benzene rings is 1. The average Bonchev–Trinajstić information content (AvgIpc) is 2.88. The van der Waals surface area contributed by atoms with Crippen LogP contribution in [0.1, 0.15) is 18.2 Å². The number of fused-ring (bicyclic) bond motifs is 1. The third-order valence-corrected chi connectivity index (χ3v) is 3.13. The minimum absolute atomic E-state index is 0.493. The van der Waals surface area contributed by atoms with Crippen molar-refractivity contribution >= 4 is 5.65 Å². The zero-order valence-corrected chi connectivity index (χ0v) is 10.9. The van der Waals surface area contributed by atoms with Crippen LogP contribution < -0.4 is 4.74 Å². The molecule has 0 N–H and O–H groups in total. The van der Waals surface area contributed by atoms with Gasteiger partial charge in [0.15, 0.2) is 0 Å². The van der Waals surface area contributed by atoms with E-state index >= 15 is 0 Å². The Kier molecular flexibility index (Phi) is 3.19. The Morgan fingerprint density at radius 3 is 2.68 bits per heavy atom. The fourth-order valence-electron chi connectivity index (χ4n) is 2.04. The quantitative estimate of drug-likeness (QED) is 0.710. The van der Waals surface area contributed by atoms with Crippen LogP contribution >= 0.6 is 0 Å². The Bertz CT molecular complexity index is 638. The van der Waals surface area contributed by atoms with Crippen molar-refractivity contribution in [3.05, 3.63) is 66.1 Å². The molecule has 0 spiro atoms. The lowest BCUT2D eigenvalue weighted by Crippen LogP contribution is -1.95. The molecule has 3 rings (SSSR count). The molecule has 3 aromatic rings. The summed E-state index contributed by atoms with van der Waals surface area (Å²) in [6.45, 7) is 2.64. The maximum Gasteiger partial charge on any atom is 0.137 e. The monoisotopic (exact) mass is 252 g/mol. The van der Waals surface area contributed by atoms with Crippen LogP contribution in [0.15, 0.2) is 54.9 Å². The molecule has 0 bridgehead atoms. The molecule has 2 heterocycles. The highest BCUT2D eigenvalue weighted by molar-refractivity contribution is 5.39. The highest BCUT2D eigenvalue weighted by Gasteiger charge is 2.02. The van der Waals surface area contributed by atoms with Crippen molar-refractivity contribution in [1.29, 1.82) is 0 Å². The number of ether oxygens (including phenoxy) is 1. The van der Waals surface area contributed by atoms with E-state index in [1.807, 2.05) is 47.1 Å². The molecular formula is C16H16N2O. The van der Waals surface area contributed by atoms with Crippen LogP contribution in [-0.4, -0.2) is 9.38 Å². The fourth-order valence-corrected chi connectivity index (χ4v) is 2.04. The minimum atomic E-state index is 0.493. The molecular weight excluding hydrogens is 236 g/mol. The minimum Gasteiger partial charge on any atom is -0.487 e. The summed E-state index contributed by atoms with van der Waals surface area (Å²) in [5.41, 5.74) is 3.20. The van der Waals surface area contributed by atoms with E-state index in [1.54, 1.807) is 0 Å². The smallest absolute Gasteiger partial charge is 0.137 e. The van der Waals surface area contributed by atoms with Crippen molar-refractivity contribution < 1.29 is 4.74 Å². The van der Waals surface area contributed by atoms with Crippen LogP contribution in [0.5, 0.6) is 5.75 Å². The molecule has 3 nitrogen and oxygen atoms in total. The summed E-state index contributed by atoms with van der Waals surface area (Å²) in [5, 5.41) is 0. The number of pyridine rings is 1. The van der Waals surface area contributed by atoms with E-state index in [2.05, 4.69) is 24.0 Å². The molecule has 0 aliphatic rings. The normalized spacial score (nSPS) is 10.8. The summed E-state index contributed by atoms with van der Waals surface area (Å²) in [4.78, 5) is 4.50. The molecule has 0 radical (unpaired) electrons. The zero-order valence-electron chi connectivity index (χ0n) is 10.9. The first-order valence-electron chi connectivity index (χ1n) is 6.49. The van der Waals surface area contributed by atoms with Crippen molar-refractivity contribution in [3.8, 4) is 5.75 Å². The SMILES string of the molecule is CCc1ccc(OCc2cn3ccccc3n2)cc1. The van der Waals surface area contributed by atoms with Gasteiger partial charge in [-0.2, -0.15) is 0 Å². The third kappa shape index (κ3) is 2.60. The average molecular weight is 252 g/mol. The zero-order chi connectivity index (χ0) is 13.1. The number of hydrogen-bond acceptors (Lipinski definition) is 2. The highest BCUT2D eigenvalue weighted by atomic mass is 16.5. The summed E-state index contributed by atoms with van der Waals surface area (Å²) in [7, 11) is 0. The lowest BCUT2D eigenvalue weighted by Gasteiger charge is -2.04. The Morgan fingerprint density at radius 2 is 1.95 bits per heavy atom. The lowest BCUT2D eigenvalue weighted by atomic mass is 10.2. The van der Waals surface area contributed by atoms with Gasteiger partial charge in [0.05, 0.1) is 5.69 Å². The van der Waals surface area contributed by atoms with Gasteiger partial charge < -0.3 is 9.14 Å². The topological polar surface area (TPSA) is 26.5 Å². The van der Waals surface area contributed by atoms with E-state index in [0.29, 0.717) is 6.61 Å². The van der Waals surface area contributed by atoms with E-state index in [0.717, 1.165) is 23.5 Å². The molecule has 0 aliphatic carbocycles. The van der Waals surface area contributed by atoms with E-state index < -0.39 is 0 Å². The van der Waals surface area contributed by atoms with E-state index in [-0.39, 0.29) is 0 Å². The molecule has 2 aromatic heterocycles. The molecule has 0 fully saturated rings. The summed E-state index contributed by atoms with van der Waals surface area (Å²) < 4.78 is 7.74. The first kappa shape index (κ1) is 11.8. The summed E-state index contributed by atoms with van der Waals surface area (Å²) in [6.07, 6.45) is 5.03. The van der Waals surface area contributed by atoms with Crippen LogP contribution in [0.3, 0.4) is 0 Å². The first-order valence-corrected chi connectivity index (χ1v) is 6.49. The largest absolute Gasteiger partial charge is 0.487 e. The Hall–Kier alpha value is -2.29. The van der Waals surface area contributed by atoms with Gasteiger partial charge in [-0.3, -0.25) is 0 Å². The molecule has 0 amide bonds. The van der Waals surface area contributed by atoms with Gasteiger partial charge in [-0.1, -0.05) is 25.1 Å². The molecule has 96 valence electrons. The van der Waals surface area contributed by atoms with Crippen molar-refractivity contribution in [2.75, 3.05) is 0 Å². The number of aromatic nitrogens is 2. The molecule has 0 saturated carbocycles. The van der Waals surface area contributed by atoms with Crippen LogP contribution in [0.2, 0.25) is 0 Å².